The van der Waals surface area contributed by atoms with Crippen LogP contribution in [-0.2, 0) is 35.8 Å². The molecule has 0 aromatic carbocycles. The summed E-state index contributed by atoms with van der Waals surface area (Å²) in [7, 11) is 2.78. The van der Waals surface area contributed by atoms with Gasteiger partial charge in [-0.05, 0) is 29.8 Å². The summed E-state index contributed by atoms with van der Waals surface area (Å²) >= 11 is 2.33. The van der Waals surface area contributed by atoms with Gasteiger partial charge in [-0.3, -0.25) is 29.0 Å². The van der Waals surface area contributed by atoms with Crippen molar-refractivity contribution in [1.29, 1.82) is 0 Å². The molecule has 42 heavy (non-hydrogen) atoms. The maximum atomic E-state index is 13.4. The number of aryl methyl sites for hydroxylation is 1. The van der Waals surface area contributed by atoms with Crippen LogP contribution in [0.4, 0.5) is 4.79 Å². The van der Waals surface area contributed by atoms with Crippen LogP contribution in [0, 0.1) is 0 Å². The Bertz CT molecular complexity index is 1350. The summed E-state index contributed by atoms with van der Waals surface area (Å²) in [6.45, 7) is 3.15. The van der Waals surface area contributed by atoms with E-state index in [0.717, 1.165) is 23.8 Å². The first-order valence-corrected chi connectivity index (χ1v) is 14.6. The minimum atomic E-state index is -2.01. The van der Waals surface area contributed by atoms with E-state index in [-0.39, 0.29) is 36.8 Å². The summed E-state index contributed by atoms with van der Waals surface area (Å²) in [5.74, 6) is -4.87. The van der Waals surface area contributed by atoms with Gasteiger partial charge in [-0.25, -0.2) is 14.3 Å². The fraction of sp³-hybridized carbons (Fsp3) is 0.591. The fourth-order valence-electron chi connectivity index (χ4n) is 4.60. The highest BCUT2D eigenvalue weighted by atomic mass is 32.2. The number of imide groups is 1. The number of tetrazole rings is 1. The predicted molar refractivity (Wildman–Crippen MR) is 143 cm³/mol. The molecule has 2 fully saturated rings. The first kappa shape index (κ1) is 31.2. The van der Waals surface area contributed by atoms with Gasteiger partial charge in [0.25, 0.3) is 11.6 Å². The molecule has 2 saturated heterocycles. The number of amides is 6. The van der Waals surface area contributed by atoms with Gasteiger partial charge in [0.2, 0.25) is 11.1 Å². The number of aliphatic hydroxyl groups is 1. The Hall–Kier alpha value is -3.75. The van der Waals surface area contributed by atoms with Crippen molar-refractivity contribution in [3.63, 3.8) is 0 Å². The number of carboxylic acid groups (broad SMARTS) is 1. The van der Waals surface area contributed by atoms with E-state index in [0.29, 0.717) is 15.6 Å². The second-order valence-electron chi connectivity index (χ2n) is 9.41. The highest BCUT2D eigenvalue weighted by molar-refractivity contribution is 8.01. The van der Waals surface area contributed by atoms with Crippen molar-refractivity contribution in [3.8, 4) is 0 Å². The molecule has 0 radical (unpaired) electrons. The van der Waals surface area contributed by atoms with Gasteiger partial charge in [0.15, 0.2) is 0 Å². The highest BCUT2D eigenvalue weighted by Gasteiger charge is 2.67. The topological polar surface area (TPSA) is 229 Å². The van der Waals surface area contributed by atoms with Gasteiger partial charge in [-0.15, -0.1) is 16.9 Å². The van der Waals surface area contributed by atoms with Crippen molar-refractivity contribution in [1.82, 2.24) is 45.5 Å². The first-order valence-electron chi connectivity index (χ1n) is 12.6. The Balaban J connectivity index is 1.49. The van der Waals surface area contributed by atoms with Crippen molar-refractivity contribution < 1.29 is 43.7 Å². The second kappa shape index (κ2) is 12.2. The number of urea groups is 1. The van der Waals surface area contributed by atoms with Crippen molar-refractivity contribution in [2.75, 3.05) is 38.2 Å². The zero-order valence-electron chi connectivity index (χ0n) is 23.0. The summed E-state index contributed by atoms with van der Waals surface area (Å²) in [6, 6.07) is -2.74. The molecule has 0 saturated carbocycles. The summed E-state index contributed by atoms with van der Waals surface area (Å²) in [5.41, 5.74) is -1.84. The molecule has 1 aromatic rings. The maximum absolute atomic E-state index is 13.4. The van der Waals surface area contributed by atoms with Gasteiger partial charge in [0, 0.05) is 45.3 Å². The number of fused-ring (bicyclic) bond motifs is 1. The lowest BCUT2D eigenvalue weighted by atomic mass is 9.97. The predicted octanol–water partition coefficient (Wildman–Crippen LogP) is -2.84. The minimum absolute atomic E-state index is 0.103. The number of carboxylic acids is 1. The number of ether oxygens (including phenoxy) is 1. The Morgan fingerprint density at radius 2 is 1.95 bits per heavy atom. The molecule has 4 N–H and O–H groups in total. The van der Waals surface area contributed by atoms with Crippen LogP contribution in [-0.4, -0.2) is 142 Å². The first-order chi connectivity index (χ1) is 19.9. The van der Waals surface area contributed by atoms with Crippen LogP contribution in [0.3, 0.4) is 0 Å². The zero-order chi connectivity index (χ0) is 30.9. The SMILES string of the molecule is CCN1CCN(C(=O)N[C@@H](C(=O)N[C@]2(OC)C(=O)N3C(C(=O)O)=C(CSc4nnnn4C)CS[C@H]32)[C@H](C)O)C(=O)C1=O. The third kappa shape index (κ3) is 5.41. The molecule has 6 amide bonds. The van der Waals surface area contributed by atoms with Crippen LogP contribution in [0.15, 0.2) is 16.4 Å². The molecule has 20 heteroatoms. The highest BCUT2D eigenvalue weighted by Crippen LogP contribution is 2.47. The average molecular weight is 628 g/mol. The van der Waals surface area contributed by atoms with Crippen molar-refractivity contribution in [2.45, 2.75) is 42.2 Å². The lowest BCUT2D eigenvalue weighted by Crippen LogP contribution is -2.81. The van der Waals surface area contributed by atoms with Gasteiger partial charge in [-0.1, -0.05) is 11.8 Å². The van der Waals surface area contributed by atoms with Crippen LogP contribution in [0.5, 0.6) is 0 Å². The number of carbonyl (C=O) groups excluding carboxylic acids is 5. The van der Waals surface area contributed by atoms with Crippen LogP contribution < -0.4 is 10.6 Å². The quantitative estimate of drug-likeness (QED) is 0.0887. The molecule has 4 rings (SSSR count). The van der Waals surface area contributed by atoms with Crippen molar-refractivity contribution in [3.05, 3.63) is 11.3 Å². The fourth-order valence-corrected chi connectivity index (χ4v) is 7.02. The van der Waals surface area contributed by atoms with Gasteiger partial charge in [0.1, 0.15) is 17.1 Å². The number of hydrogen-bond acceptors (Lipinski definition) is 13. The molecule has 4 atom stereocenters. The third-order valence-corrected chi connectivity index (χ3v) is 9.35. The van der Waals surface area contributed by atoms with E-state index in [9.17, 15) is 39.0 Å². The van der Waals surface area contributed by atoms with E-state index < -0.39 is 58.9 Å². The van der Waals surface area contributed by atoms with Crippen LogP contribution in [0.2, 0.25) is 0 Å². The number of β-lactam (4-membered cyclic amide) rings is 1. The number of likely N-dealkylation sites (N-methyl/N-ethyl adjacent to an activating group) is 1. The summed E-state index contributed by atoms with van der Waals surface area (Å²) in [4.78, 5) is 79.3. The number of nitrogens with zero attached hydrogens (tertiary/aromatic N) is 7. The molecule has 0 spiro atoms. The molecule has 3 aliphatic rings. The zero-order valence-corrected chi connectivity index (χ0v) is 24.6. The average Bonchev–Trinajstić information content (AvgIpc) is 3.37. The summed E-state index contributed by atoms with van der Waals surface area (Å²) in [5, 5.41) is 35.5. The van der Waals surface area contributed by atoms with Gasteiger partial charge >= 0.3 is 23.8 Å². The smallest absolute Gasteiger partial charge is 0.352 e. The molecule has 0 bridgehead atoms. The lowest BCUT2D eigenvalue weighted by molar-refractivity contribution is -0.193. The maximum Gasteiger partial charge on any atom is 0.352 e. The monoisotopic (exact) mass is 627 g/mol. The third-order valence-electron chi connectivity index (χ3n) is 6.88. The summed E-state index contributed by atoms with van der Waals surface area (Å²) < 4.78 is 6.84. The standard InChI is InChI=1S/C22H29N9O9S2/c1-5-29-6-7-30(16(35)15(29)34)20(39)23-12(10(2)32)14(33)24-22(40-4)18(38)31-13(17(36)37)11(8-41-19(22)31)9-42-21-25-26-27-28(21)3/h10,12,19,32H,5-9H2,1-4H3,(H,23,39)(H,24,33)(H,36,37)/t10-,12+,19-,22-/m0/s1. The Morgan fingerprint density at radius 1 is 1.24 bits per heavy atom. The number of methoxy groups -OCH3 is 1. The second-order valence-corrected chi connectivity index (χ2v) is 11.4. The number of rotatable bonds is 10. The Labute approximate surface area is 247 Å². The number of aliphatic hydroxyl groups excluding tert-OH is 1. The molecular formula is C22H29N9O9S2. The van der Waals surface area contributed by atoms with E-state index in [1.807, 2.05) is 0 Å². The minimum Gasteiger partial charge on any atom is -0.477 e. The van der Waals surface area contributed by atoms with E-state index in [1.54, 1.807) is 14.0 Å². The van der Waals surface area contributed by atoms with E-state index in [2.05, 4.69) is 26.2 Å². The number of nitrogens with one attached hydrogen (secondary N) is 2. The molecule has 228 valence electrons. The largest absolute Gasteiger partial charge is 0.477 e. The molecule has 1 aromatic heterocycles. The molecule has 0 unspecified atom stereocenters. The van der Waals surface area contributed by atoms with Crippen LogP contribution in [0.1, 0.15) is 13.8 Å². The van der Waals surface area contributed by atoms with E-state index in [1.165, 1.54) is 28.3 Å². The number of piperazine rings is 1. The molecule has 18 nitrogen and oxygen atoms in total. The van der Waals surface area contributed by atoms with Crippen molar-refractivity contribution in [2.24, 2.45) is 7.05 Å². The number of aliphatic carboxylic acids is 1. The van der Waals surface area contributed by atoms with Crippen LogP contribution >= 0.6 is 23.5 Å². The molecule has 0 aliphatic carbocycles. The molecule has 3 aliphatic heterocycles. The van der Waals surface area contributed by atoms with E-state index >= 15 is 0 Å². The van der Waals surface area contributed by atoms with Gasteiger partial charge in [-0.2, -0.15) is 0 Å². The van der Waals surface area contributed by atoms with Gasteiger partial charge in [0.05, 0.1) is 6.10 Å². The Kier molecular flexibility index (Phi) is 9.09. The van der Waals surface area contributed by atoms with E-state index in [4.69, 9.17) is 4.74 Å². The summed E-state index contributed by atoms with van der Waals surface area (Å²) in [6.07, 6.45) is -1.50. The number of carbonyl (C=O) groups is 6. The lowest BCUT2D eigenvalue weighted by Gasteiger charge is -2.56. The molecule has 4 heterocycles. The normalized spacial score (nSPS) is 23.8. The number of hydrogen-bond donors (Lipinski definition) is 4. The molecular weight excluding hydrogens is 598 g/mol. The Morgan fingerprint density at radius 3 is 2.52 bits per heavy atom. The number of thioether (sulfide) groups is 2. The van der Waals surface area contributed by atoms with Crippen molar-refractivity contribution >= 4 is 59.2 Å². The number of aromatic nitrogens is 4. The van der Waals surface area contributed by atoms with Crippen LogP contribution in [0.25, 0.3) is 0 Å². The van der Waals surface area contributed by atoms with Gasteiger partial charge < -0.3 is 30.5 Å².